The van der Waals surface area contributed by atoms with Gasteiger partial charge in [0.15, 0.2) is 11.2 Å². The van der Waals surface area contributed by atoms with Crippen molar-refractivity contribution in [1.82, 2.24) is 19.1 Å². The van der Waals surface area contributed by atoms with Crippen LogP contribution in [-0.4, -0.2) is 19.1 Å². The molecule has 0 saturated heterocycles. The molecule has 4 aromatic heterocycles. The van der Waals surface area contributed by atoms with Crippen LogP contribution in [0, 0.1) is 0 Å². The Hall–Kier alpha value is -7.70. The summed E-state index contributed by atoms with van der Waals surface area (Å²) in [7, 11) is 0. The Morgan fingerprint density at radius 1 is 0.321 bits per heavy atom. The lowest BCUT2D eigenvalue weighted by atomic mass is 10.1. The summed E-state index contributed by atoms with van der Waals surface area (Å²) < 4.78 is 17.4. The minimum atomic E-state index is 0.588. The number of rotatable bonds is 5. The molecule has 0 aliphatic carbocycles. The molecule has 0 spiro atoms. The fourth-order valence-electron chi connectivity index (χ4n) is 8.36. The number of hydrogen-bond donors (Lipinski definition) is 0. The second-order valence-corrected chi connectivity index (χ2v) is 14.2. The first kappa shape index (κ1) is 30.7. The van der Waals surface area contributed by atoms with E-state index in [9.17, 15) is 0 Å². The maximum atomic E-state index is 6.37. The van der Waals surface area contributed by atoms with Gasteiger partial charge in [-0.15, -0.1) is 0 Å². The molecule has 12 aromatic rings. The molecule has 0 fully saturated rings. The van der Waals surface area contributed by atoms with Gasteiger partial charge in [-0.2, -0.15) is 0 Å². The summed E-state index contributed by atoms with van der Waals surface area (Å²) in [5.41, 5.74) is 13.8. The predicted octanol–water partition coefficient (Wildman–Crippen LogP) is 13.2. The van der Waals surface area contributed by atoms with E-state index in [0.717, 1.165) is 55.8 Å². The Balaban J connectivity index is 0.835. The molecule has 0 radical (unpaired) electrons. The van der Waals surface area contributed by atoms with Crippen molar-refractivity contribution >= 4 is 65.8 Å². The molecule has 6 heteroatoms. The van der Waals surface area contributed by atoms with Crippen molar-refractivity contribution in [3.05, 3.63) is 182 Å². The highest BCUT2D eigenvalue weighted by Gasteiger charge is 2.16. The van der Waals surface area contributed by atoms with Crippen LogP contribution in [0.25, 0.3) is 111 Å². The average molecular weight is 719 g/mol. The van der Waals surface area contributed by atoms with Gasteiger partial charge in [-0.1, -0.05) is 84.9 Å². The monoisotopic (exact) mass is 718 g/mol. The van der Waals surface area contributed by atoms with Gasteiger partial charge in [-0.05, 0) is 108 Å². The van der Waals surface area contributed by atoms with E-state index >= 15 is 0 Å². The van der Waals surface area contributed by atoms with Crippen LogP contribution in [-0.2, 0) is 0 Å². The molecular formula is C50H30N4O2. The van der Waals surface area contributed by atoms with Crippen molar-refractivity contribution in [2.75, 3.05) is 0 Å². The third-order valence-corrected chi connectivity index (χ3v) is 11.0. The number of aromatic nitrogens is 4. The quantitative estimate of drug-likeness (QED) is 0.178. The van der Waals surface area contributed by atoms with Gasteiger partial charge < -0.3 is 18.0 Å². The van der Waals surface area contributed by atoms with Crippen LogP contribution >= 0.6 is 0 Å². The van der Waals surface area contributed by atoms with E-state index in [0.29, 0.717) is 11.8 Å². The van der Waals surface area contributed by atoms with Gasteiger partial charge in [0.05, 0.1) is 22.1 Å². The third kappa shape index (κ3) is 4.69. The largest absolute Gasteiger partial charge is 0.436 e. The molecule has 0 unspecified atom stereocenters. The Bertz CT molecular complexity index is 3130. The normalized spacial score (nSPS) is 11.9. The summed E-state index contributed by atoms with van der Waals surface area (Å²) in [6.45, 7) is 0. The number of nitrogens with zero attached hydrogens (tertiary/aromatic N) is 4. The summed E-state index contributed by atoms with van der Waals surface area (Å²) in [5, 5.41) is 4.97. The van der Waals surface area contributed by atoms with Crippen molar-refractivity contribution in [2.24, 2.45) is 0 Å². The highest BCUT2D eigenvalue weighted by atomic mass is 16.4. The molecule has 0 bridgehead atoms. The highest BCUT2D eigenvalue weighted by Crippen LogP contribution is 2.36. The first-order valence-electron chi connectivity index (χ1n) is 18.7. The summed E-state index contributed by atoms with van der Waals surface area (Å²) in [6.07, 6.45) is 0. The maximum absolute atomic E-state index is 6.37. The molecule has 56 heavy (non-hydrogen) atoms. The smallest absolute Gasteiger partial charge is 0.227 e. The van der Waals surface area contributed by atoms with Gasteiger partial charge in [0, 0.05) is 44.0 Å². The zero-order chi connectivity index (χ0) is 36.7. The Kier molecular flexibility index (Phi) is 6.53. The van der Waals surface area contributed by atoms with Gasteiger partial charge >= 0.3 is 0 Å². The maximum Gasteiger partial charge on any atom is 0.227 e. The first-order valence-corrected chi connectivity index (χ1v) is 18.7. The van der Waals surface area contributed by atoms with E-state index in [1.54, 1.807) is 0 Å². The second kappa shape index (κ2) is 11.9. The fraction of sp³-hybridized carbons (Fsp3) is 0. The van der Waals surface area contributed by atoms with Crippen LogP contribution in [0.15, 0.2) is 191 Å². The SMILES string of the molecule is c1ccc2c(c1)c1ccccc1n2-c1ccc(-c2nc3ccc(-c4ccc5nc(-c6ccc(-n7c8ccccc8c8ccccc87)cc6)oc5c4)cc3o2)cc1. The van der Waals surface area contributed by atoms with Crippen molar-refractivity contribution in [1.29, 1.82) is 0 Å². The number of fused-ring (bicyclic) bond motifs is 8. The minimum absolute atomic E-state index is 0.588. The van der Waals surface area contributed by atoms with E-state index in [2.05, 4.69) is 167 Å². The zero-order valence-electron chi connectivity index (χ0n) is 29.9. The number of oxazole rings is 2. The molecule has 0 aliphatic rings. The molecular weight excluding hydrogens is 689 g/mol. The molecule has 262 valence electrons. The van der Waals surface area contributed by atoms with E-state index in [1.807, 2.05) is 24.3 Å². The third-order valence-electron chi connectivity index (χ3n) is 11.0. The topological polar surface area (TPSA) is 61.9 Å². The summed E-state index contributed by atoms with van der Waals surface area (Å²) in [6, 6.07) is 63.3. The van der Waals surface area contributed by atoms with E-state index in [1.165, 1.54) is 43.6 Å². The van der Waals surface area contributed by atoms with Crippen LogP contribution in [0.5, 0.6) is 0 Å². The fourth-order valence-corrected chi connectivity index (χ4v) is 8.36. The van der Waals surface area contributed by atoms with Crippen LogP contribution in [0.2, 0.25) is 0 Å². The van der Waals surface area contributed by atoms with Gasteiger partial charge in [0.1, 0.15) is 11.0 Å². The van der Waals surface area contributed by atoms with Gasteiger partial charge in [0.25, 0.3) is 0 Å². The molecule has 0 saturated carbocycles. The molecule has 0 amide bonds. The van der Waals surface area contributed by atoms with Gasteiger partial charge in [-0.25, -0.2) is 9.97 Å². The van der Waals surface area contributed by atoms with Crippen LogP contribution in [0.1, 0.15) is 0 Å². The van der Waals surface area contributed by atoms with E-state index < -0.39 is 0 Å². The Morgan fingerprint density at radius 3 is 1.00 bits per heavy atom. The standard InChI is InChI=1S/C50H30N4O2/c1-5-13-43-37(9-1)38-10-2-6-14-44(38)53(43)35-23-17-31(18-24-35)49-51-41-27-21-33(29-47(41)55-49)34-22-28-42-48(30-34)56-50(52-42)32-19-25-36(26-20-32)54-45-15-7-3-11-39(45)40-12-4-8-16-46(40)54/h1-30H. The molecule has 6 nitrogen and oxygen atoms in total. The lowest BCUT2D eigenvalue weighted by molar-refractivity contribution is 0.619. The van der Waals surface area contributed by atoms with Gasteiger partial charge in [-0.3, -0.25) is 0 Å². The summed E-state index contributed by atoms with van der Waals surface area (Å²) >= 11 is 0. The van der Waals surface area contributed by atoms with Crippen LogP contribution < -0.4 is 0 Å². The molecule has 8 aromatic carbocycles. The molecule has 4 heterocycles. The van der Waals surface area contributed by atoms with Crippen molar-refractivity contribution in [3.8, 4) is 45.4 Å². The van der Waals surface area contributed by atoms with E-state index in [-0.39, 0.29) is 0 Å². The molecule has 12 rings (SSSR count). The minimum Gasteiger partial charge on any atom is -0.436 e. The van der Waals surface area contributed by atoms with E-state index in [4.69, 9.17) is 18.8 Å². The lowest BCUT2D eigenvalue weighted by Crippen LogP contribution is -1.93. The zero-order valence-corrected chi connectivity index (χ0v) is 29.9. The second-order valence-electron chi connectivity index (χ2n) is 14.2. The van der Waals surface area contributed by atoms with Crippen molar-refractivity contribution in [3.63, 3.8) is 0 Å². The number of benzene rings is 8. The number of hydrogen-bond acceptors (Lipinski definition) is 4. The number of para-hydroxylation sites is 4. The summed E-state index contributed by atoms with van der Waals surface area (Å²) in [5.74, 6) is 1.18. The Labute approximate surface area is 320 Å². The van der Waals surface area contributed by atoms with Crippen LogP contribution in [0.3, 0.4) is 0 Å². The lowest BCUT2D eigenvalue weighted by Gasteiger charge is -2.08. The molecule has 0 N–H and O–H groups in total. The average Bonchev–Trinajstić information content (AvgIpc) is 4.04. The highest BCUT2D eigenvalue weighted by molar-refractivity contribution is 6.10. The van der Waals surface area contributed by atoms with Crippen molar-refractivity contribution < 1.29 is 8.83 Å². The molecule has 0 aliphatic heterocycles. The predicted molar refractivity (Wildman–Crippen MR) is 227 cm³/mol. The van der Waals surface area contributed by atoms with Gasteiger partial charge in [0.2, 0.25) is 11.8 Å². The Morgan fingerprint density at radius 2 is 0.643 bits per heavy atom. The molecule has 0 atom stereocenters. The first-order chi connectivity index (χ1) is 27.7. The van der Waals surface area contributed by atoms with Crippen molar-refractivity contribution in [2.45, 2.75) is 0 Å². The summed E-state index contributed by atoms with van der Waals surface area (Å²) in [4.78, 5) is 9.69. The van der Waals surface area contributed by atoms with Crippen LogP contribution in [0.4, 0.5) is 0 Å².